The molecule has 0 aliphatic rings. The molecule has 0 saturated heterocycles. The third-order valence-electron chi connectivity index (χ3n) is 3.00. The Balaban J connectivity index is 2.43. The lowest BCUT2D eigenvalue weighted by Crippen LogP contribution is -1.98. The van der Waals surface area contributed by atoms with Crippen LogP contribution in [-0.4, -0.2) is 7.11 Å². The molecule has 1 unspecified atom stereocenters. The SMILES string of the molecule is COc1ccc(C(Cl)c2cc(F)ccc2C)c(Cl)c1. The van der Waals surface area contributed by atoms with Crippen molar-refractivity contribution in [1.82, 2.24) is 0 Å². The van der Waals surface area contributed by atoms with Crippen LogP contribution in [0, 0.1) is 12.7 Å². The Labute approximate surface area is 121 Å². The van der Waals surface area contributed by atoms with Gasteiger partial charge in [0.25, 0.3) is 0 Å². The zero-order valence-electron chi connectivity index (χ0n) is 10.6. The van der Waals surface area contributed by atoms with E-state index >= 15 is 0 Å². The van der Waals surface area contributed by atoms with E-state index in [1.54, 1.807) is 31.4 Å². The Hall–Kier alpha value is -1.25. The van der Waals surface area contributed by atoms with Crippen molar-refractivity contribution in [3.05, 3.63) is 63.9 Å². The highest BCUT2D eigenvalue weighted by atomic mass is 35.5. The van der Waals surface area contributed by atoms with Crippen molar-refractivity contribution in [2.75, 3.05) is 7.11 Å². The highest BCUT2D eigenvalue weighted by Crippen LogP contribution is 2.36. The van der Waals surface area contributed by atoms with Crippen LogP contribution in [0.5, 0.6) is 5.75 Å². The highest BCUT2D eigenvalue weighted by molar-refractivity contribution is 6.33. The number of ether oxygens (including phenoxy) is 1. The van der Waals surface area contributed by atoms with Gasteiger partial charge in [0.2, 0.25) is 0 Å². The maximum Gasteiger partial charge on any atom is 0.123 e. The molecular weight excluding hydrogens is 286 g/mol. The fourth-order valence-corrected chi connectivity index (χ4v) is 2.65. The Morgan fingerprint density at radius 1 is 1.11 bits per heavy atom. The minimum Gasteiger partial charge on any atom is -0.497 e. The largest absolute Gasteiger partial charge is 0.497 e. The molecule has 1 atom stereocenters. The van der Waals surface area contributed by atoms with Gasteiger partial charge in [-0.3, -0.25) is 0 Å². The Morgan fingerprint density at radius 2 is 1.84 bits per heavy atom. The lowest BCUT2D eigenvalue weighted by Gasteiger charge is -2.15. The zero-order chi connectivity index (χ0) is 14.0. The summed E-state index contributed by atoms with van der Waals surface area (Å²) < 4.78 is 18.4. The van der Waals surface area contributed by atoms with Gasteiger partial charge >= 0.3 is 0 Å². The smallest absolute Gasteiger partial charge is 0.123 e. The molecule has 2 aromatic carbocycles. The van der Waals surface area contributed by atoms with Crippen molar-refractivity contribution in [2.45, 2.75) is 12.3 Å². The molecule has 0 N–H and O–H groups in total. The molecule has 19 heavy (non-hydrogen) atoms. The summed E-state index contributed by atoms with van der Waals surface area (Å²) in [5.41, 5.74) is 2.37. The van der Waals surface area contributed by atoms with Crippen molar-refractivity contribution >= 4 is 23.2 Å². The fraction of sp³-hybridized carbons (Fsp3) is 0.200. The molecule has 0 heterocycles. The van der Waals surface area contributed by atoms with Gasteiger partial charge in [0.15, 0.2) is 0 Å². The number of methoxy groups -OCH3 is 1. The number of benzene rings is 2. The maximum absolute atomic E-state index is 13.3. The van der Waals surface area contributed by atoms with Crippen LogP contribution in [0.1, 0.15) is 22.1 Å². The van der Waals surface area contributed by atoms with Crippen molar-refractivity contribution in [1.29, 1.82) is 0 Å². The van der Waals surface area contributed by atoms with E-state index in [0.717, 1.165) is 11.1 Å². The molecule has 0 aliphatic carbocycles. The summed E-state index contributed by atoms with van der Waals surface area (Å²) in [7, 11) is 1.57. The average molecular weight is 299 g/mol. The van der Waals surface area contributed by atoms with Crippen LogP contribution in [-0.2, 0) is 0 Å². The van der Waals surface area contributed by atoms with Gasteiger partial charge in [-0.2, -0.15) is 0 Å². The van der Waals surface area contributed by atoms with Crippen LogP contribution in [0.15, 0.2) is 36.4 Å². The molecular formula is C15H13Cl2FO. The number of hydrogen-bond acceptors (Lipinski definition) is 1. The van der Waals surface area contributed by atoms with Gasteiger partial charge < -0.3 is 4.74 Å². The van der Waals surface area contributed by atoms with E-state index in [9.17, 15) is 4.39 Å². The van der Waals surface area contributed by atoms with E-state index in [-0.39, 0.29) is 5.82 Å². The number of rotatable bonds is 3. The zero-order valence-corrected chi connectivity index (χ0v) is 12.1. The van der Waals surface area contributed by atoms with Gasteiger partial charge in [-0.25, -0.2) is 4.39 Å². The van der Waals surface area contributed by atoms with Gasteiger partial charge in [0.05, 0.1) is 12.5 Å². The Kier molecular flexibility index (Phi) is 4.33. The van der Waals surface area contributed by atoms with E-state index in [1.807, 2.05) is 6.92 Å². The van der Waals surface area contributed by atoms with Gasteiger partial charge in [-0.05, 0) is 47.9 Å². The Morgan fingerprint density at radius 3 is 2.47 bits per heavy atom. The van der Waals surface area contributed by atoms with Gasteiger partial charge in [0, 0.05) is 5.02 Å². The molecule has 0 radical (unpaired) electrons. The average Bonchev–Trinajstić information content (AvgIpc) is 2.40. The standard InChI is InChI=1S/C15H13Cl2FO/c1-9-3-4-10(18)7-13(9)15(17)12-6-5-11(19-2)8-14(12)16/h3-8,15H,1-2H3. The number of alkyl halides is 1. The lowest BCUT2D eigenvalue weighted by molar-refractivity contribution is 0.414. The molecule has 0 amide bonds. The molecule has 0 aliphatic heterocycles. The van der Waals surface area contributed by atoms with Crippen LogP contribution >= 0.6 is 23.2 Å². The predicted octanol–water partition coefficient (Wildman–Crippen LogP) is 5.12. The quantitative estimate of drug-likeness (QED) is 0.714. The summed E-state index contributed by atoms with van der Waals surface area (Å²) in [6.45, 7) is 1.89. The van der Waals surface area contributed by atoms with E-state index in [2.05, 4.69) is 0 Å². The van der Waals surface area contributed by atoms with Gasteiger partial charge in [-0.1, -0.05) is 23.7 Å². The van der Waals surface area contributed by atoms with E-state index in [0.29, 0.717) is 16.3 Å². The fourth-order valence-electron chi connectivity index (χ4n) is 1.89. The van der Waals surface area contributed by atoms with Gasteiger partial charge in [0.1, 0.15) is 11.6 Å². The first-order chi connectivity index (χ1) is 9.02. The Bertz CT molecular complexity index is 599. The maximum atomic E-state index is 13.3. The van der Waals surface area contributed by atoms with E-state index in [1.165, 1.54) is 12.1 Å². The molecule has 2 aromatic rings. The summed E-state index contributed by atoms with van der Waals surface area (Å²) in [6.07, 6.45) is 0. The number of halogens is 3. The lowest BCUT2D eigenvalue weighted by atomic mass is 9.99. The predicted molar refractivity (Wildman–Crippen MR) is 76.8 cm³/mol. The molecule has 100 valence electrons. The summed E-state index contributed by atoms with van der Waals surface area (Å²) in [6, 6.07) is 9.83. The second-order valence-electron chi connectivity index (χ2n) is 4.25. The molecule has 4 heteroatoms. The first-order valence-electron chi connectivity index (χ1n) is 5.76. The molecule has 0 fully saturated rings. The number of aryl methyl sites for hydroxylation is 1. The molecule has 0 spiro atoms. The van der Waals surface area contributed by atoms with Crippen molar-refractivity contribution < 1.29 is 9.13 Å². The molecule has 1 nitrogen and oxygen atoms in total. The van der Waals surface area contributed by atoms with Crippen LogP contribution < -0.4 is 4.74 Å². The summed E-state index contributed by atoms with van der Waals surface area (Å²) in [5.74, 6) is 0.351. The van der Waals surface area contributed by atoms with E-state index in [4.69, 9.17) is 27.9 Å². The van der Waals surface area contributed by atoms with Crippen LogP contribution in [0.3, 0.4) is 0 Å². The second kappa shape index (κ2) is 5.81. The number of hydrogen-bond donors (Lipinski definition) is 0. The van der Waals surface area contributed by atoms with Crippen LogP contribution in [0.4, 0.5) is 4.39 Å². The minimum atomic E-state index is -0.492. The van der Waals surface area contributed by atoms with Crippen LogP contribution in [0.2, 0.25) is 5.02 Å². The van der Waals surface area contributed by atoms with Crippen molar-refractivity contribution in [2.24, 2.45) is 0 Å². The highest BCUT2D eigenvalue weighted by Gasteiger charge is 2.17. The van der Waals surface area contributed by atoms with Crippen molar-refractivity contribution in [3.63, 3.8) is 0 Å². The molecule has 2 rings (SSSR count). The summed E-state index contributed by atoms with van der Waals surface area (Å²) >= 11 is 12.6. The molecule has 0 saturated carbocycles. The first kappa shape index (κ1) is 14.2. The third kappa shape index (κ3) is 3.02. The normalized spacial score (nSPS) is 12.3. The first-order valence-corrected chi connectivity index (χ1v) is 6.58. The van der Waals surface area contributed by atoms with Crippen LogP contribution in [0.25, 0.3) is 0 Å². The topological polar surface area (TPSA) is 9.23 Å². The minimum absolute atomic E-state index is 0.309. The van der Waals surface area contributed by atoms with Gasteiger partial charge in [-0.15, -0.1) is 11.6 Å². The second-order valence-corrected chi connectivity index (χ2v) is 5.09. The third-order valence-corrected chi connectivity index (χ3v) is 3.79. The summed E-state index contributed by atoms with van der Waals surface area (Å²) in [5, 5.41) is 0.0112. The van der Waals surface area contributed by atoms with Crippen molar-refractivity contribution in [3.8, 4) is 5.75 Å². The monoisotopic (exact) mass is 298 g/mol. The molecule has 0 bridgehead atoms. The summed E-state index contributed by atoms with van der Waals surface area (Å²) in [4.78, 5) is 0. The van der Waals surface area contributed by atoms with E-state index < -0.39 is 5.38 Å². The molecule has 0 aromatic heterocycles.